The molecule has 0 saturated carbocycles. The third kappa shape index (κ3) is 2.63. The van der Waals surface area contributed by atoms with E-state index in [0.29, 0.717) is 11.7 Å². The van der Waals surface area contributed by atoms with Crippen LogP contribution in [0.25, 0.3) is 11.1 Å². The first-order chi connectivity index (χ1) is 11.2. The zero-order valence-electron chi connectivity index (χ0n) is 13.0. The van der Waals surface area contributed by atoms with Crippen molar-refractivity contribution in [1.82, 2.24) is 4.98 Å². The minimum Gasteiger partial charge on any atom is -0.423 e. The summed E-state index contributed by atoms with van der Waals surface area (Å²) >= 11 is 0. The lowest BCUT2D eigenvalue weighted by molar-refractivity contribution is 0.536. The molecule has 0 N–H and O–H groups in total. The van der Waals surface area contributed by atoms with Crippen molar-refractivity contribution in [2.75, 3.05) is 36.0 Å². The maximum Gasteiger partial charge on any atom is 0.298 e. The Morgan fingerprint density at radius 1 is 1.00 bits per heavy atom. The van der Waals surface area contributed by atoms with Crippen LogP contribution in [0.15, 0.2) is 46.9 Å². The van der Waals surface area contributed by atoms with Crippen molar-refractivity contribution in [3.05, 3.63) is 53.8 Å². The number of piperazine rings is 1. The van der Waals surface area contributed by atoms with Crippen molar-refractivity contribution in [1.29, 1.82) is 0 Å². The summed E-state index contributed by atoms with van der Waals surface area (Å²) in [5.74, 6) is -0.168. The number of rotatable bonds is 2. The number of oxazole rings is 1. The fourth-order valence-corrected chi connectivity index (χ4v) is 3.01. The minimum atomic E-state index is -0.168. The molecular weight excluding hydrogens is 293 g/mol. The summed E-state index contributed by atoms with van der Waals surface area (Å²) < 4.78 is 19.7. The zero-order chi connectivity index (χ0) is 15.8. The van der Waals surface area contributed by atoms with Crippen molar-refractivity contribution in [3.8, 4) is 0 Å². The van der Waals surface area contributed by atoms with Crippen molar-refractivity contribution in [3.63, 3.8) is 0 Å². The van der Waals surface area contributed by atoms with Crippen LogP contribution in [0.4, 0.5) is 16.1 Å². The molecule has 2 aromatic carbocycles. The maximum absolute atomic E-state index is 13.9. The number of para-hydroxylation sites is 1. The number of fused-ring (bicyclic) bond motifs is 1. The van der Waals surface area contributed by atoms with Crippen LogP contribution in [0.5, 0.6) is 0 Å². The number of hydrogen-bond donors (Lipinski definition) is 0. The number of benzene rings is 2. The van der Waals surface area contributed by atoms with E-state index in [1.807, 2.05) is 37.3 Å². The van der Waals surface area contributed by atoms with Gasteiger partial charge in [-0.05, 0) is 36.8 Å². The normalized spacial score (nSPS) is 15.4. The summed E-state index contributed by atoms with van der Waals surface area (Å²) in [6.45, 7) is 5.07. The van der Waals surface area contributed by atoms with E-state index in [0.717, 1.165) is 37.3 Å². The third-order valence-corrected chi connectivity index (χ3v) is 4.28. The molecule has 0 aliphatic carbocycles. The van der Waals surface area contributed by atoms with Crippen molar-refractivity contribution in [2.45, 2.75) is 6.92 Å². The zero-order valence-corrected chi connectivity index (χ0v) is 13.0. The molecule has 3 aromatic rings. The molecule has 23 heavy (non-hydrogen) atoms. The summed E-state index contributed by atoms with van der Waals surface area (Å²) in [5, 5.41) is 0. The Kier molecular flexibility index (Phi) is 3.41. The first-order valence-electron chi connectivity index (χ1n) is 7.82. The molecule has 1 aliphatic heterocycles. The molecule has 2 heterocycles. The molecule has 118 valence electrons. The average molecular weight is 311 g/mol. The molecular formula is C18H18FN3O. The van der Waals surface area contributed by atoms with Gasteiger partial charge in [-0.2, -0.15) is 4.98 Å². The summed E-state index contributed by atoms with van der Waals surface area (Å²) in [6.07, 6.45) is 0. The Hall–Kier alpha value is -2.56. The van der Waals surface area contributed by atoms with E-state index in [2.05, 4.69) is 14.8 Å². The molecule has 0 bridgehead atoms. The second-order valence-electron chi connectivity index (χ2n) is 5.89. The highest BCUT2D eigenvalue weighted by Gasteiger charge is 2.22. The van der Waals surface area contributed by atoms with Gasteiger partial charge in [0.2, 0.25) is 0 Å². The van der Waals surface area contributed by atoms with Crippen LogP contribution in [0, 0.1) is 12.7 Å². The lowest BCUT2D eigenvalue weighted by atomic mass is 10.2. The smallest absolute Gasteiger partial charge is 0.298 e. The average Bonchev–Trinajstić information content (AvgIpc) is 2.98. The number of anilines is 2. The van der Waals surface area contributed by atoms with Crippen LogP contribution >= 0.6 is 0 Å². The number of nitrogens with zero attached hydrogens (tertiary/aromatic N) is 3. The number of hydrogen-bond acceptors (Lipinski definition) is 4. The lowest BCUT2D eigenvalue weighted by Crippen LogP contribution is -2.47. The van der Waals surface area contributed by atoms with Gasteiger partial charge in [-0.1, -0.05) is 18.2 Å². The maximum atomic E-state index is 13.9. The Labute approximate surface area is 134 Å². The highest BCUT2D eigenvalue weighted by molar-refractivity contribution is 5.75. The van der Waals surface area contributed by atoms with Gasteiger partial charge < -0.3 is 14.2 Å². The van der Waals surface area contributed by atoms with Crippen molar-refractivity contribution < 1.29 is 8.81 Å². The van der Waals surface area contributed by atoms with Crippen LogP contribution in [-0.2, 0) is 0 Å². The van der Waals surface area contributed by atoms with Crippen molar-refractivity contribution in [2.24, 2.45) is 0 Å². The number of halogens is 1. The van der Waals surface area contributed by atoms with E-state index >= 15 is 0 Å². The molecule has 5 heteroatoms. The summed E-state index contributed by atoms with van der Waals surface area (Å²) in [5.41, 5.74) is 3.53. The quantitative estimate of drug-likeness (QED) is 0.724. The van der Waals surface area contributed by atoms with Crippen LogP contribution < -0.4 is 9.80 Å². The molecule has 4 rings (SSSR count). The van der Waals surface area contributed by atoms with Crippen LogP contribution in [0.2, 0.25) is 0 Å². The topological polar surface area (TPSA) is 32.5 Å². The highest BCUT2D eigenvalue weighted by Crippen LogP contribution is 2.25. The van der Waals surface area contributed by atoms with Crippen LogP contribution in [0.1, 0.15) is 5.56 Å². The number of aryl methyl sites for hydroxylation is 1. The van der Waals surface area contributed by atoms with E-state index in [9.17, 15) is 4.39 Å². The Balaban J connectivity index is 1.51. The predicted octanol–water partition coefficient (Wildman–Crippen LogP) is 3.60. The van der Waals surface area contributed by atoms with Gasteiger partial charge in [0.05, 0.1) is 5.69 Å². The third-order valence-electron chi connectivity index (χ3n) is 4.28. The minimum absolute atomic E-state index is 0.168. The second-order valence-corrected chi connectivity index (χ2v) is 5.89. The van der Waals surface area contributed by atoms with Gasteiger partial charge >= 0.3 is 0 Å². The van der Waals surface area contributed by atoms with Gasteiger partial charge in [-0.25, -0.2) is 4.39 Å². The Morgan fingerprint density at radius 2 is 1.74 bits per heavy atom. The molecule has 0 amide bonds. The first kappa shape index (κ1) is 14.1. The SMILES string of the molecule is Cc1ccc2oc(N3CCN(c4ccccc4F)CC3)nc2c1. The summed E-state index contributed by atoms with van der Waals surface area (Å²) in [4.78, 5) is 8.77. The van der Waals surface area contributed by atoms with E-state index in [1.165, 1.54) is 11.6 Å². The Morgan fingerprint density at radius 3 is 2.52 bits per heavy atom. The fraction of sp³-hybridized carbons (Fsp3) is 0.278. The molecule has 1 aromatic heterocycles. The van der Waals surface area contributed by atoms with Gasteiger partial charge in [-0.15, -0.1) is 0 Å². The predicted molar refractivity (Wildman–Crippen MR) is 89.6 cm³/mol. The van der Waals surface area contributed by atoms with E-state index in [1.54, 1.807) is 6.07 Å². The van der Waals surface area contributed by atoms with Crippen LogP contribution in [0.3, 0.4) is 0 Å². The highest BCUT2D eigenvalue weighted by atomic mass is 19.1. The molecule has 1 aliphatic rings. The second kappa shape index (κ2) is 5.57. The molecule has 0 radical (unpaired) electrons. The number of aromatic nitrogens is 1. The molecule has 0 atom stereocenters. The standard InChI is InChI=1S/C18H18FN3O/c1-13-6-7-17-15(12-13)20-18(23-17)22-10-8-21(9-11-22)16-5-3-2-4-14(16)19/h2-7,12H,8-11H2,1H3. The van der Waals surface area contributed by atoms with Gasteiger partial charge in [0.15, 0.2) is 5.58 Å². The van der Waals surface area contributed by atoms with Crippen LogP contribution in [-0.4, -0.2) is 31.2 Å². The monoisotopic (exact) mass is 311 g/mol. The first-order valence-corrected chi connectivity index (χ1v) is 7.82. The van der Waals surface area contributed by atoms with Gasteiger partial charge in [0, 0.05) is 26.2 Å². The largest absolute Gasteiger partial charge is 0.423 e. The van der Waals surface area contributed by atoms with E-state index in [-0.39, 0.29) is 5.82 Å². The molecule has 4 nitrogen and oxygen atoms in total. The Bertz CT molecular complexity index is 837. The van der Waals surface area contributed by atoms with E-state index < -0.39 is 0 Å². The van der Waals surface area contributed by atoms with Crippen molar-refractivity contribution >= 4 is 22.8 Å². The molecule has 1 fully saturated rings. The fourth-order valence-electron chi connectivity index (χ4n) is 3.01. The summed E-state index contributed by atoms with van der Waals surface area (Å²) in [7, 11) is 0. The lowest BCUT2D eigenvalue weighted by Gasteiger charge is -2.35. The summed E-state index contributed by atoms with van der Waals surface area (Å²) in [6, 6.07) is 13.6. The molecule has 1 saturated heterocycles. The molecule has 0 spiro atoms. The molecule has 0 unspecified atom stereocenters. The van der Waals surface area contributed by atoms with Gasteiger partial charge in [-0.3, -0.25) is 0 Å². The van der Waals surface area contributed by atoms with Gasteiger partial charge in [0.1, 0.15) is 11.3 Å². The van der Waals surface area contributed by atoms with Gasteiger partial charge in [0.25, 0.3) is 6.01 Å². The van der Waals surface area contributed by atoms with E-state index in [4.69, 9.17) is 4.42 Å².